The summed E-state index contributed by atoms with van der Waals surface area (Å²) >= 11 is 1.95. The summed E-state index contributed by atoms with van der Waals surface area (Å²) in [7, 11) is 1.95. The van der Waals surface area contributed by atoms with Crippen molar-refractivity contribution in [2.75, 3.05) is 0 Å². The van der Waals surface area contributed by atoms with Crippen molar-refractivity contribution in [3.05, 3.63) is 44.4 Å². The summed E-state index contributed by atoms with van der Waals surface area (Å²) in [6.45, 7) is 3.81. The van der Waals surface area contributed by atoms with Gasteiger partial charge in [0.05, 0.1) is 0 Å². The van der Waals surface area contributed by atoms with E-state index in [4.69, 9.17) is 5.26 Å². The third kappa shape index (κ3) is 2.39. The molecule has 0 radical (unpaired) electrons. The van der Waals surface area contributed by atoms with Crippen LogP contribution in [-0.2, 0) is 33.0 Å². The molecule has 0 spiro atoms. The Bertz CT molecular complexity index is 651. The molecular formula is C16H19N3S. The molecule has 0 unspecified atom stereocenters. The second kappa shape index (κ2) is 5.43. The van der Waals surface area contributed by atoms with E-state index >= 15 is 0 Å². The van der Waals surface area contributed by atoms with Crippen molar-refractivity contribution in [1.29, 1.82) is 5.26 Å². The van der Waals surface area contributed by atoms with Crippen molar-refractivity contribution >= 4 is 11.3 Å². The number of nitrogens with one attached hydrogen (secondary N) is 1. The first-order valence-electron chi connectivity index (χ1n) is 7.05. The van der Waals surface area contributed by atoms with Crippen LogP contribution in [0.15, 0.2) is 12.1 Å². The van der Waals surface area contributed by atoms with E-state index in [1.807, 2.05) is 29.0 Å². The summed E-state index contributed by atoms with van der Waals surface area (Å²) in [5.41, 5.74) is 4.68. The third-order valence-electron chi connectivity index (χ3n) is 4.17. The smallest absolute Gasteiger partial charge is 0.120 e. The van der Waals surface area contributed by atoms with Gasteiger partial charge in [-0.25, -0.2) is 0 Å². The summed E-state index contributed by atoms with van der Waals surface area (Å²) < 4.78 is 1.96. The van der Waals surface area contributed by atoms with Crippen molar-refractivity contribution in [1.82, 2.24) is 9.88 Å². The standard InChI is InChI=1S/C16H19N3S/c1-11-13(6-14(8-17)19(11)2)9-18-10-15-7-12-4-3-5-16(12)20-15/h6-7,18H,3-5,9-10H2,1-2H3. The van der Waals surface area contributed by atoms with Gasteiger partial charge < -0.3 is 9.88 Å². The van der Waals surface area contributed by atoms with Crippen LogP contribution in [-0.4, -0.2) is 4.57 Å². The zero-order valence-corrected chi connectivity index (χ0v) is 12.8. The highest BCUT2D eigenvalue weighted by Crippen LogP contribution is 2.30. The summed E-state index contributed by atoms with van der Waals surface area (Å²) in [6.07, 6.45) is 3.85. The first-order chi connectivity index (χ1) is 9.69. The molecule has 0 fully saturated rings. The Hall–Kier alpha value is -1.57. The van der Waals surface area contributed by atoms with Crippen LogP contribution in [0.4, 0.5) is 0 Å². The van der Waals surface area contributed by atoms with Crippen molar-refractivity contribution in [2.24, 2.45) is 7.05 Å². The maximum atomic E-state index is 9.04. The van der Waals surface area contributed by atoms with E-state index in [2.05, 4.69) is 24.4 Å². The van der Waals surface area contributed by atoms with Crippen LogP contribution in [0.1, 0.15) is 38.7 Å². The molecule has 2 heterocycles. The molecular weight excluding hydrogens is 266 g/mol. The normalized spacial score (nSPS) is 13.4. The second-order valence-electron chi connectivity index (χ2n) is 5.43. The van der Waals surface area contributed by atoms with Crippen LogP contribution in [0.2, 0.25) is 0 Å². The summed E-state index contributed by atoms with van der Waals surface area (Å²) in [5.74, 6) is 0. The lowest BCUT2D eigenvalue weighted by Gasteiger charge is -2.04. The number of nitrogens with zero attached hydrogens (tertiary/aromatic N) is 2. The van der Waals surface area contributed by atoms with Crippen LogP contribution in [0.25, 0.3) is 0 Å². The topological polar surface area (TPSA) is 40.8 Å². The zero-order valence-electron chi connectivity index (χ0n) is 12.0. The Morgan fingerprint density at radius 2 is 2.20 bits per heavy atom. The quantitative estimate of drug-likeness (QED) is 0.938. The van der Waals surface area contributed by atoms with Crippen LogP contribution in [0.5, 0.6) is 0 Å². The summed E-state index contributed by atoms with van der Waals surface area (Å²) in [4.78, 5) is 3.02. The lowest BCUT2D eigenvalue weighted by Crippen LogP contribution is -2.12. The van der Waals surface area contributed by atoms with Gasteiger partial charge in [0.1, 0.15) is 11.8 Å². The van der Waals surface area contributed by atoms with Crippen molar-refractivity contribution in [2.45, 2.75) is 39.3 Å². The number of rotatable bonds is 4. The van der Waals surface area contributed by atoms with E-state index in [-0.39, 0.29) is 0 Å². The average Bonchev–Trinajstić information content (AvgIpc) is 3.08. The summed E-state index contributed by atoms with van der Waals surface area (Å²) in [5, 5.41) is 12.5. The highest BCUT2D eigenvalue weighted by atomic mass is 32.1. The second-order valence-corrected chi connectivity index (χ2v) is 6.65. The SMILES string of the molecule is Cc1c(CNCc2cc3c(s2)CCC3)cc(C#N)n1C. The number of hydrogen-bond donors (Lipinski definition) is 1. The van der Waals surface area contributed by atoms with Crippen molar-refractivity contribution in [3.63, 3.8) is 0 Å². The lowest BCUT2D eigenvalue weighted by atomic mass is 10.2. The van der Waals surface area contributed by atoms with E-state index in [9.17, 15) is 0 Å². The predicted octanol–water partition coefficient (Wildman–Crippen LogP) is 3.05. The molecule has 2 aromatic rings. The first-order valence-corrected chi connectivity index (χ1v) is 7.87. The van der Waals surface area contributed by atoms with E-state index in [1.54, 1.807) is 10.4 Å². The largest absolute Gasteiger partial charge is 0.340 e. The van der Waals surface area contributed by atoms with Crippen LogP contribution in [0, 0.1) is 18.3 Å². The fraction of sp³-hybridized carbons (Fsp3) is 0.438. The molecule has 20 heavy (non-hydrogen) atoms. The van der Waals surface area contributed by atoms with Crippen LogP contribution < -0.4 is 5.32 Å². The minimum atomic E-state index is 0.731. The van der Waals surface area contributed by atoms with Crippen molar-refractivity contribution < 1.29 is 0 Å². The lowest BCUT2D eigenvalue weighted by molar-refractivity contribution is 0.694. The highest BCUT2D eigenvalue weighted by Gasteiger charge is 2.14. The molecule has 0 aliphatic heterocycles. The minimum absolute atomic E-state index is 0.731. The third-order valence-corrected chi connectivity index (χ3v) is 5.40. The van der Waals surface area contributed by atoms with E-state index < -0.39 is 0 Å². The molecule has 3 rings (SSSR count). The van der Waals surface area contributed by atoms with Gasteiger partial charge >= 0.3 is 0 Å². The fourth-order valence-corrected chi connectivity index (χ4v) is 4.08. The Morgan fingerprint density at radius 1 is 1.35 bits per heavy atom. The molecule has 1 aliphatic rings. The number of hydrogen-bond acceptors (Lipinski definition) is 3. The van der Waals surface area contributed by atoms with Gasteiger partial charge in [-0.05, 0) is 49.4 Å². The number of fused-ring (bicyclic) bond motifs is 1. The van der Waals surface area contributed by atoms with Gasteiger partial charge in [-0.1, -0.05) is 0 Å². The van der Waals surface area contributed by atoms with Gasteiger partial charge in [-0.15, -0.1) is 11.3 Å². The number of aromatic nitrogens is 1. The molecule has 1 aliphatic carbocycles. The van der Waals surface area contributed by atoms with Gasteiger partial charge in [0.15, 0.2) is 0 Å². The Balaban J connectivity index is 1.61. The molecule has 0 aromatic carbocycles. The van der Waals surface area contributed by atoms with E-state index in [1.165, 1.54) is 35.4 Å². The number of nitriles is 1. The molecule has 0 saturated heterocycles. The maximum absolute atomic E-state index is 9.04. The molecule has 3 nitrogen and oxygen atoms in total. The Labute approximate surface area is 123 Å². The monoisotopic (exact) mass is 285 g/mol. The Kier molecular flexibility index (Phi) is 3.64. The molecule has 0 amide bonds. The first kappa shape index (κ1) is 13.4. The molecule has 104 valence electrons. The van der Waals surface area contributed by atoms with Gasteiger partial charge in [0, 0.05) is 35.6 Å². The summed E-state index contributed by atoms with van der Waals surface area (Å²) in [6, 6.07) is 6.57. The predicted molar refractivity (Wildman–Crippen MR) is 81.8 cm³/mol. The molecule has 2 aromatic heterocycles. The van der Waals surface area contributed by atoms with E-state index in [0.717, 1.165) is 18.8 Å². The molecule has 4 heteroatoms. The molecule has 0 bridgehead atoms. The van der Waals surface area contributed by atoms with E-state index in [0.29, 0.717) is 0 Å². The van der Waals surface area contributed by atoms with Gasteiger partial charge in [-0.2, -0.15) is 5.26 Å². The fourth-order valence-electron chi connectivity index (χ4n) is 2.85. The molecule has 1 N–H and O–H groups in total. The zero-order chi connectivity index (χ0) is 14.1. The van der Waals surface area contributed by atoms with Crippen LogP contribution >= 0.6 is 11.3 Å². The highest BCUT2D eigenvalue weighted by molar-refractivity contribution is 7.12. The van der Waals surface area contributed by atoms with Gasteiger partial charge in [-0.3, -0.25) is 0 Å². The van der Waals surface area contributed by atoms with Crippen LogP contribution in [0.3, 0.4) is 0 Å². The Morgan fingerprint density at radius 3 is 2.90 bits per heavy atom. The number of aryl methyl sites for hydroxylation is 2. The maximum Gasteiger partial charge on any atom is 0.120 e. The van der Waals surface area contributed by atoms with Gasteiger partial charge in [0.2, 0.25) is 0 Å². The average molecular weight is 285 g/mol. The molecule has 0 saturated carbocycles. The molecule has 0 atom stereocenters. The number of thiophene rings is 1. The minimum Gasteiger partial charge on any atom is -0.340 e. The van der Waals surface area contributed by atoms with Gasteiger partial charge in [0.25, 0.3) is 0 Å². The van der Waals surface area contributed by atoms with Crippen molar-refractivity contribution in [3.8, 4) is 6.07 Å².